The highest BCUT2D eigenvalue weighted by Gasteiger charge is 2.78. The number of aliphatic hydroxyl groups excluding tert-OH is 1. The standard InChI is InChI=1S/C32H45N3O5/c1-6-10-21-34(20-9-4)30(39)27-32-17-16-31(5,40-32)25(28(37)33(18-7-2)19-8-3)26(32)29(38)35(27)24(22-36)23-14-12-11-13-15-23/h7,9,11-15,24-27,36H,2,4,6,8,10,16-22H2,1,3,5H3/t24-,25+,26+,27?,31-,32?/m1/s1. The fourth-order valence-corrected chi connectivity index (χ4v) is 7.27. The summed E-state index contributed by atoms with van der Waals surface area (Å²) in [4.78, 5) is 48.3. The summed E-state index contributed by atoms with van der Waals surface area (Å²) < 4.78 is 6.82. The van der Waals surface area contributed by atoms with Crippen molar-refractivity contribution in [2.75, 3.05) is 32.8 Å². The zero-order valence-electron chi connectivity index (χ0n) is 24.3. The molecule has 1 spiro atoms. The molecule has 2 unspecified atom stereocenters. The van der Waals surface area contributed by atoms with Gasteiger partial charge in [0.2, 0.25) is 17.7 Å². The second kappa shape index (κ2) is 12.3. The topological polar surface area (TPSA) is 90.4 Å². The molecule has 4 rings (SSSR count). The largest absolute Gasteiger partial charge is 0.394 e. The van der Waals surface area contributed by atoms with E-state index in [0.717, 1.165) is 24.8 Å². The number of aliphatic hydroxyl groups is 1. The van der Waals surface area contributed by atoms with E-state index in [1.165, 1.54) is 0 Å². The number of carbonyl (C=O) groups excluding carboxylic acids is 3. The van der Waals surface area contributed by atoms with Crippen LogP contribution in [0.3, 0.4) is 0 Å². The summed E-state index contributed by atoms with van der Waals surface area (Å²) in [6.45, 7) is 15.1. The molecule has 0 aliphatic carbocycles. The number of ether oxygens (including phenoxy) is 1. The highest BCUT2D eigenvalue weighted by molar-refractivity contribution is 5.99. The van der Waals surface area contributed by atoms with E-state index in [1.54, 1.807) is 26.9 Å². The Morgan fingerprint density at radius 3 is 2.30 bits per heavy atom. The molecular weight excluding hydrogens is 506 g/mol. The molecule has 3 aliphatic heterocycles. The lowest BCUT2D eigenvalue weighted by atomic mass is 9.66. The number of hydrogen-bond donors (Lipinski definition) is 1. The molecule has 0 radical (unpaired) electrons. The van der Waals surface area contributed by atoms with Gasteiger partial charge in [0, 0.05) is 26.2 Å². The third kappa shape index (κ3) is 4.90. The van der Waals surface area contributed by atoms with Crippen molar-refractivity contribution in [3.8, 4) is 0 Å². The molecule has 40 heavy (non-hydrogen) atoms. The van der Waals surface area contributed by atoms with Gasteiger partial charge in [0.1, 0.15) is 11.6 Å². The smallest absolute Gasteiger partial charge is 0.248 e. The van der Waals surface area contributed by atoms with Gasteiger partial charge >= 0.3 is 0 Å². The van der Waals surface area contributed by atoms with Crippen molar-refractivity contribution in [2.45, 2.75) is 76.2 Å². The van der Waals surface area contributed by atoms with Gasteiger partial charge in [-0.1, -0.05) is 62.8 Å². The molecule has 3 saturated heterocycles. The Kier molecular flexibility index (Phi) is 9.20. The van der Waals surface area contributed by atoms with Gasteiger partial charge in [0.05, 0.1) is 30.1 Å². The Balaban J connectivity index is 1.85. The Morgan fingerprint density at radius 1 is 1.07 bits per heavy atom. The third-order valence-corrected chi connectivity index (χ3v) is 9.00. The Hall–Kier alpha value is -2.97. The molecule has 6 atom stereocenters. The van der Waals surface area contributed by atoms with Crippen molar-refractivity contribution in [1.29, 1.82) is 0 Å². The first-order valence-corrected chi connectivity index (χ1v) is 14.7. The average molecular weight is 552 g/mol. The molecule has 3 heterocycles. The Labute approximate surface area is 238 Å². The number of carbonyl (C=O) groups is 3. The summed E-state index contributed by atoms with van der Waals surface area (Å²) >= 11 is 0. The molecule has 2 bridgehead atoms. The zero-order chi connectivity index (χ0) is 29.1. The molecule has 3 aliphatic rings. The van der Waals surface area contributed by atoms with Crippen LogP contribution in [0.25, 0.3) is 0 Å². The van der Waals surface area contributed by atoms with Crippen molar-refractivity contribution >= 4 is 17.7 Å². The van der Waals surface area contributed by atoms with Crippen molar-refractivity contribution in [3.63, 3.8) is 0 Å². The predicted octanol–water partition coefficient (Wildman–Crippen LogP) is 3.72. The van der Waals surface area contributed by atoms with Gasteiger partial charge in [-0.2, -0.15) is 0 Å². The maximum absolute atomic E-state index is 14.6. The fourth-order valence-electron chi connectivity index (χ4n) is 7.27. The normalized spacial score (nSPS) is 29.2. The maximum Gasteiger partial charge on any atom is 0.248 e. The van der Waals surface area contributed by atoms with Gasteiger partial charge in [-0.3, -0.25) is 14.4 Å². The first-order valence-electron chi connectivity index (χ1n) is 14.7. The number of hydrogen-bond acceptors (Lipinski definition) is 5. The molecule has 0 aromatic heterocycles. The van der Waals surface area contributed by atoms with Gasteiger partial charge in [-0.15, -0.1) is 13.2 Å². The van der Waals surface area contributed by atoms with Gasteiger partial charge in [-0.05, 0) is 38.2 Å². The van der Waals surface area contributed by atoms with Crippen LogP contribution in [0.2, 0.25) is 0 Å². The maximum atomic E-state index is 14.6. The van der Waals surface area contributed by atoms with E-state index in [1.807, 2.05) is 44.2 Å². The average Bonchev–Trinajstić information content (AvgIpc) is 3.52. The number of likely N-dealkylation sites (tertiary alicyclic amines) is 1. The molecule has 3 amide bonds. The highest BCUT2D eigenvalue weighted by atomic mass is 16.5. The van der Waals surface area contributed by atoms with E-state index in [0.29, 0.717) is 39.0 Å². The first kappa shape index (κ1) is 30.0. The molecule has 3 fully saturated rings. The van der Waals surface area contributed by atoms with Gasteiger partial charge < -0.3 is 24.5 Å². The van der Waals surface area contributed by atoms with Gasteiger partial charge in [0.25, 0.3) is 0 Å². The molecule has 0 saturated carbocycles. The second-order valence-corrected chi connectivity index (χ2v) is 11.6. The molecule has 1 N–H and O–H groups in total. The van der Waals surface area contributed by atoms with Crippen LogP contribution in [0.1, 0.15) is 64.5 Å². The Morgan fingerprint density at radius 2 is 1.73 bits per heavy atom. The summed E-state index contributed by atoms with van der Waals surface area (Å²) in [5.74, 6) is -2.18. The fraction of sp³-hybridized carbons (Fsp3) is 0.594. The number of rotatable bonds is 14. The summed E-state index contributed by atoms with van der Waals surface area (Å²) in [6, 6.07) is 7.59. The molecule has 1 aromatic carbocycles. The van der Waals surface area contributed by atoms with Crippen LogP contribution in [0, 0.1) is 11.8 Å². The molecule has 218 valence electrons. The van der Waals surface area contributed by atoms with E-state index in [-0.39, 0.29) is 24.3 Å². The quantitative estimate of drug-likeness (QED) is 0.356. The number of nitrogens with zero attached hydrogens (tertiary/aromatic N) is 3. The Bertz CT molecular complexity index is 1110. The first-order chi connectivity index (χ1) is 19.2. The van der Waals surface area contributed by atoms with E-state index in [9.17, 15) is 19.5 Å². The summed E-state index contributed by atoms with van der Waals surface area (Å²) in [5.41, 5.74) is -1.27. The SMILES string of the molecule is C=CCN(CCCC)C(=O)C1N([C@H](CO)c2ccccc2)C(=O)[C@@H]2[C@@H](C(=O)N(CC=C)CCC)[C@@]3(C)CCC12O3. The van der Waals surface area contributed by atoms with Crippen molar-refractivity contribution in [1.82, 2.24) is 14.7 Å². The van der Waals surface area contributed by atoms with Crippen LogP contribution in [0.5, 0.6) is 0 Å². The lowest BCUT2D eigenvalue weighted by Gasteiger charge is -2.39. The monoisotopic (exact) mass is 551 g/mol. The summed E-state index contributed by atoms with van der Waals surface area (Å²) in [7, 11) is 0. The van der Waals surface area contributed by atoms with Crippen molar-refractivity contribution in [3.05, 3.63) is 61.2 Å². The molecular formula is C32H45N3O5. The highest BCUT2D eigenvalue weighted by Crippen LogP contribution is 2.64. The molecule has 8 heteroatoms. The number of benzene rings is 1. The third-order valence-electron chi connectivity index (χ3n) is 9.00. The van der Waals surface area contributed by atoms with Crippen LogP contribution in [0.15, 0.2) is 55.6 Å². The van der Waals surface area contributed by atoms with Crippen LogP contribution in [-0.4, -0.2) is 87.6 Å². The van der Waals surface area contributed by atoms with E-state index in [2.05, 4.69) is 20.1 Å². The lowest BCUT2D eigenvalue weighted by Crippen LogP contribution is -2.57. The number of amides is 3. The van der Waals surface area contributed by atoms with Gasteiger partial charge in [-0.25, -0.2) is 0 Å². The van der Waals surface area contributed by atoms with Gasteiger partial charge in [0.15, 0.2) is 0 Å². The van der Waals surface area contributed by atoms with Crippen LogP contribution >= 0.6 is 0 Å². The molecule has 8 nitrogen and oxygen atoms in total. The van der Waals surface area contributed by atoms with Crippen molar-refractivity contribution in [2.24, 2.45) is 11.8 Å². The summed E-state index contributed by atoms with van der Waals surface area (Å²) in [5, 5.41) is 10.7. The molecule has 1 aromatic rings. The van der Waals surface area contributed by atoms with E-state index >= 15 is 0 Å². The van der Waals surface area contributed by atoms with Crippen LogP contribution in [-0.2, 0) is 19.1 Å². The van der Waals surface area contributed by atoms with Crippen molar-refractivity contribution < 1.29 is 24.2 Å². The minimum atomic E-state index is -1.15. The predicted molar refractivity (Wildman–Crippen MR) is 154 cm³/mol. The lowest BCUT2D eigenvalue weighted by molar-refractivity contribution is -0.156. The minimum Gasteiger partial charge on any atom is -0.394 e. The second-order valence-electron chi connectivity index (χ2n) is 11.6. The van der Waals surface area contributed by atoms with E-state index < -0.39 is 35.1 Å². The number of unbranched alkanes of at least 4 members (excludes halogenated alkanes) is 1. The van der Waals surface area contributed by atoms with E-state index in [4.69, 9.17) is 4.74 Å². The zero-order valence-corrected chi connectivity index (χ0v) is 24.3. The summed E-state index contributed by atoms with van der Waals surface area (Å²) in [6.07, 6.45) is 6.96. The number of fused-ring (bicyclic) bond motifs is 1. The van der Waals surface area contributed by atoms with Crippen LogP contribution in [0.4, 0.5) is 0 Å². The van der Waals surface area contributed by atoms with Crippen LogP contribution < -0.4 is 0 Å². The minimum absolute atomic E-state index is 0.133.